The normalized spacial score (nSPS) is 13.2. The van der Waals surface area contributed by atoms with Gasteiger partial charge in [0.2, 0.25) is 17.0 Å². The van der Waals surface area contributed by atoms with E-state index in [2.05, 4.69) is 6.58 Å². The number of rotatable bonds is 5. The summed E-state index contributed by atoms with van der Waals surface area (Å²) in [5.74, 6) is -2.82. The number of aliphatic hydroxyl groups excluding tert-OH is 1. The van der Waals surface area contributed by atoms with Crippen molar-refractivity contribution in [3.63, 3.8) is 0 Å². The van der Waals surface area contributed by atoms with Crippen molar-refractivity contribution in [2.75, 3.05) is 0 Å². The first-order valence-electron chi connectivity index (χ1n) is 11.8. The third kappa shape index (κ3) is 4.16. The molecule has 3 aromatic rings. The fraction of sp³-hybridized carbons (Fsp3) is 0.233. The zero-order valence-electron chi connectivity index (χ0n) is 21.4. The molecule has 7 heteroatoms. The third-order valence-electron chi connectivity index (χ3n) is 6.43. The Hall–Kier alpha value is -4.39. The number of phenols is 2. The van der Waals surface area contributed by atoms with Crippen LogP contribution in [0.25, 0.3) is 33.3 Å². The van der Waals surface area contributed by atoms with Crippen LogP contribution in [-0.2, 0) is 11.2 Å². The van der Waals surface area contributed by atoms with Crippen molar-refractivity contribution in [3.05, 3.63) is 80.1 Å². The highest BCUT2D eigenvalue weighted by Crippen LogP contribution is 2.42. The Morgan fingerprint density at radius 3 is 2.11 bits per heavy atom. The van der Waals surface area contributed by atoms with E-state index >= 15 is 0 Å². The molecule has 1 heterocycles. The predicted octanol–water partition coefficient (Wildman–Crippen LogP) is 6.29. The first-order chi connectivity index (χ1) is 17.3. The largest absolute Gasteiger partial charge is 0.507 e. The number of aliphatic hydroxyl groups is 1. The molecule has 0 spiro atoms. The average Bonchev–Trinajstić information content (AvgIpc) is 2.80. The number of hydrogen-bond acceptors (Lipinski definition) is 7. The van der Waals surface area contributed by atoms with Crippen LogP contribution in [0.15, 0.2) is 56.8 Å². The Balaban J connectivity index is 2.19. The summed E-state index contributed by atoms with van der Waals surface area (Å²) in [5, 5.41) is 32.7. The molecule has 0 amide bonds. The van der Waals surface area contributed by atoms with E-state index in [0.717, 1.165) is 11.1 Å². The molecule has 1 aliphatic rings. The number of carbonyl (C=O) groups excluding carboxylic acids is 2. The van der Waals surface area contributed by atoms with Crippen LogP contribution < -0.4 is 5.43 Å². The van der Waals surface area contributed by atoms with Crippen LogP contribution in [0, 0.1) is 0 Å². The number of ketones is 2. The van der Waals surface area contributed by atoms with Gasteiger partial charge in [0, 0.05) is 22.8 Å². The third-order valence-corrected chi connectivity index (χ3v) is 6.43. The molecule has 3 N–H and O–H groups in total. The van der Waals surface area contributed by atoms with Gasteiger partial charge in [-0.3, -0.25) is 14.4 Å². The first kappa shape index (κ1) is 25.7. The highest BCUT2D eigenvalue weighted by atomic mass is 16.3. The highest BCUT2D eigenvalue weighted by molar-refractivity contribution is 6.53. The fourth-order valence-corrected chi connectivity index (χ4v) is 4.47. The zero-order chi connectivity index (χ0) is 27.3. The standard InChI is InChI=1S/C30H28O7/c1-13(2)7-9-16-20(31)12-21-23(25(16)32)27(34)19-11-18(15(5)6)22-24(30(19)37-21)26(33)17(10-8-14(3)4)28(35)29(22)36/h7-8,11-12,31-33H,5,9-10H2,1-4,6H3. The summed E-state index contributed by atoms with van der Waals surface area (Å²) >= 11 is 0. The molecule has 0 fully saturated rings. The van der Waals surface area contributed by atoms with Crippen molar-refractivity contribution in [2.45, 2.75) is 47.5 Å². The molecule has 4 rings (SSSR count). The maximum absolute atomic E-state index is 13.7. The molecule has 37 heavy (non-hydrogen) atoms. The molecule has 0 saturated heterocycles. The molecule has 7 nitrogen and oxygen atoms in total. The Morgan fingerprint density at radius 1 is 0.892 bits per heavy atom. The molecule has 1 aliphatic carbocycles. The minimum absolute atomic E-state index is 0.00586. The number of aromatic hydroxyl groups is 2. The van der Waals surface area contributed by atoms with Crippen LogP contribution in [0.5, 0.6) is 11.5 Å². The van der Waals surface area contributed by atoms with E-state index in [9.17, 15) is 29.7 Å². The van der Waals surface area contributed by atoms with Gasteiger partial charge < -0.3 is 19.7 Å². The van der Waals surface area contributed by atoms with E-state index in [-0.39, 0.29) is 68.4 Å². The van der Waals surface area contributed by atoms with E-state index in [0.29, 0.717) is 5.57 Å². The Labute approximate surface area is 213 Å². The van der Waals surface area contributed by atoms with Crippen LogP contribution >= 0.6 is 0 Å². The number of benzene rings is 2. The van der Waals surface area contributed by atoms with Crippen LogP contribution in [0.2, 0.25) is 0 Å². The van der Waals surface area contributed by atoms with Crippen LogP contribution in [0.4, 0.5) is 0 Å². The summed E-state index contributed by atoms with van der Waals surface area (Å²) in [6, 6.07) is 2.62. The van der Waals surface area contributed by atoms with Gasteiger partial charge in [-0.15, -0.1) is 0 Å². The molecule has 1 aromatic heterocycles. The van der Waals surface area contributed by atoms with Crippen LogP contribution in [-0.4, -0.2) is 26.9 Å². The average molecular weight is 501 g/mol. The molecule has 0 bridgehead atoms. The number of allylic oxidation sites excluding steroid dienone is 6. The first-order valence-corrected chi connectivity index (χ1v) is 11.8. The molecular formula is C30H28O7. The minimum atomic E-state index is -0.841. The van der Waals surface area contributed by atoms with Gasteiger partial charge in [-0.05, 0) is 59.1 Å². The van der Waals surface area contributed by atoms with Gasteiger partial charge in [0.15, 0.2) is 0 Å². The second-order valence-corrected chi connectivity index (χ2v) is 9.81. The van der Waals surface area contributed by atoms with Gasteiger partial charge in [0.25, 0.3) is 0 Å². The Kier molecular flexibility index (Phi) is 6.42. The molecule has 0 unspecified atom stereocenters. The number of carbonyl (C=O) groups is 2. The molecular weight excluding hydrogens is 472 g/mol. The summed E-state index contributed by atoms with van der Waals surface area (Å²) in [6.07, 6.45) is 3.73. The minimum Gasteiger partial charge on any atom is -0.507 e. The summed E-state index contributed by atoms with van der Waals surface area (Å²) in [7, 11) is 0. The van der Waals surface area contributed by atoms with Crippen molar-refractivity contribution < 1.29 is 29.3 Å². The SMILES string of the molecule is C=C(C)c1cc2c(=O)c3c(O)c(CC=C(C)C)c(O)cc3oc2c2c1C(=O)C(=O)C(CC=C(C)C)=C2O. The van der Waals surface area contributed by atoms with Gasteiger partial charge >= 0.3 is 0 Å². The van der Waals surface area contributed by atoms with Crippen LogP contribution in [0.1, 0.15) is 68.1 Å². The van der Waals surface area contributed by atoms with Crippen molar-refractivity contribution in [2.24, 2.45) is 0 Å². The van der Waals surface area contributed by atoms with E-state index in [1.54, 1.807) is 19.1 Å². The fourth-order valence-electron chi connectivity index (χ4n) is 4.47. The Morgan fingerprint density at radius 2 is 1.51 bits per heavy atom. The summed E-state index contributed by atoms with van der Waals surface area (Å²) in [4.78, 5) is 39.9. The van der Waals surface area contributed by atoms with Crippen molar-refractivity contribution >= 4 is 44.8 Å². The maximum atomic E-state index is 13.7. The topological polar surface area (TPSA) is 125 Å². The van der Waals surface area contributed by atoms with E-state index in [1.807, 2.05) is 27.7 Å². The smallest absolute Gasteiger partial charge is 0.234 e. The van der Waals surface area contributed by atoms with Gasteiger partial charge in [-0.2, -0.15) is 0 Å². The lowest BCUT2D eigenvalue weighted by atomic mass is 9.81. The van der Waals surface area contributed by atoms with E-state index in [4.69, 9.17) is 4.42 Å². The second-order valence-electron chi connectivity index (χ2n) is 9.81. The number of fused-ring (bicyclic) bond motifs is 4. The lowest BCUT2D eigenvalue weighted by Crippen LogP contribution is -2.26. The van der Waals surface area contributed by atoms with Gasteiger partial charge in [0.1, 0.15) is 33.8 Å². The molecule has 190 valence electrons. The number of phenolic OH excluding ortho intramolecular Hbond substituents is 2. The molecule has 0 saturated carbocycles. The lowest BCUT2D eigenvalue weighted by Gasteiger charge is -2.22. The molecule has 2 aromatic carbocycles. The maximum Gasteiger partial charge on any atom is 0.234 e. The molecule has 0 aliphatic heterocycles. The van der Waals surface area contributed by atoms with Crippen molar-refractivity contribution in [3.8, 4) is 11.5 Å². The van der Waals surface area contributed by atoms with Gasteiger partial charge in [-0.25, -0.2) is 0 Å². The summed E-state index contributed by atoms with van der Waals surface area (Å²) in [6.45, 7) is 12.9. The van der Waals surface area contributed by atoms with Crippen molar-refractivity contribution in [1.29, 1.82) is 0 Å². The number of hydrogen-bond donors (Lipinski definition) is 3. The molecule has 0 atom stereocenters. The van der Waals surface area contributed by atoms with E-state index in [1.165, 1.54) is 12.1 Å². The number of Topliss-reactive ketones (excluding diaryl/α,β-unsaturated/α-hetero) is 2. The van der Waals surface area contributed by atoms with Gasteiger partial charge in [-0.1, -0.05) is 35.5 Å². The Bertz CT molecular complexity index is 1700. The summed E-state index contributed by atoms with van der Waals surface area (Å²) in [5.41, 5.74) is 1.51. The predicted molar refractivity (Wildman–Crippen MR) is 144 cm³/mol. The highest BCUT2D eigenvalue weighted by Gasteiger charge is 2.37. The molecule has 0 radical (unpaired) electrons. The monoisotopic (exact) mass is 500 g/mol. The quantitative estimate of drug-likeness (QED) is 0.214. The second kappa shape index (κ2) is 9.24. The van der Waals surface area contributed by atoms with E-state index < -0.39 is 28.5 Å². The van der Waals surface area contributed by atoms with Crippen LogP contribution in [0.3, 0.4) is 0 Å². The zero-order valence-corrected chi connectivity index (χ0v) is 21.4. The van der Waals surface area contributed by atoms with Crippen molar-refractivity contribution in [1.82, 2.24) is 0 Å². The summed E-state index contributed by atoms with van der Waals surface area (Å²) < 4.78 is 5.99. The lowest BCUT2D eigenvalue weighted by molar-refractivity contribution is -0.112. The van der Waals surface area contributed by atoms with Gasteiger partial charge in [0.05, 0.1) is 10.9 Å².